The molecule has 17 heavy (non-hydrogen) atoms. The highest BCUT2D eigenvalue weighted by Crippen LogP contribution is 2.36. The summed E-state index contributed by atoms with van der Waals surface area (Å²) in [6.07, 6.45) is 0. The number of hydrogen-bond acceptors (Lipinski definition) is 1. The van der Waals surface area contributed by atoms with E-state index in [1.165, 1.54) is 0 Å². The molecule has 0 heterocycles. The number of halogens is 4. The molecule has 0 fully saturated rings. The second-order valence-corrected chi connectivity index (χ2v) is 6.67. The normalized spacial score (nSPS) is 10.4. The van der Waals surface area contributed by atoms with Gasteiger partial charge in [-0.3, -0.25) is 0 Å². The number of ether oxygens (including phenoxy) is 1. The average Bonchev–Trinajstić information content (AvgIpc) is 2.29. The van der Waals surface area contributed by atoms with Crippen molar-refractivity contribution < 1.29 is 4.74 Å². The molecule has 0 spiro atoms. The fraction of sp³-hybridized carbons (Fsp3) is 0. The van der Waals surface area contributed by atoms with E-state index in [-0.39, 0.29) is 0 Å². The second kappa shape index (κ2) is 5.87. The monoisotopic (exact) mass is 482 g/mol. The molecule has 0 amide bonds. The molecule has 0 saturated heterocycles. The standard InChI is InChI=1S/C12H6Br4O/c13-7-1-3-8(4-2-7)17-9-5-10(14)12(16)11(15)6-9/h1-6H. The smallest absolute Gasteiger partial charge is 0.129 e. The predicted molar refractivity (Wildman–Crippen MR) is 83.8 cm³/mol. The summed E-state index contributed by atoms with van der Waals surface area (Å²) in [5, 5.41) is 0. The van der Waals surface area contributed by atoms with Crippen molar-refractivity contribution in [1.82, 2.24) is 0 Å². The zero-order chi connectivity index (χ0) is 12.4. The van der Waals surface area contributed by atoms with Gasteiger partial charge < -0.3 is 4.74 Å². The van der Waals surface area contributed by atoms with Crippen LogP contribution in [0.15, 0.2) is 54.3 Å². The molecule has 0 aliphatic heterocycles. The first-order chi connectivity index (χ1) is 8.06. The van der Waals surface area contributed by atoms with E-state index in [2.05, 4.69) is 63.7 Å². The van der Waals surface area contributed by atoms with Crippen LogP contribution in [0.25, 0.3) is 0 Å². The quantitative estimate of drug-likeness (QED) is 0.440. The second-order valence-electron chi connectivity index (χ2n) is 3.26. The van der Waals surface area contributed by atoms with E-state index in [4.69, 9.17) is 4.74 Å². The zero-order valence-electron chi connectivity index (χ0n) is 8.38. The molecule has 88 valence electrons. The molecule has 0 atom stereocenters. The fourth-order valence-corrected chi connectivity index (χ4v) is 2.87. The molecule has 2 aromatic carbocycles. The molecular weight excluding hydrogens is 480 g/mol. The van der Waals surface area contributed by atoms with E-state index >= 15 is 0 Å². The van der Waals surface area contributed by atoms with Crippen molar-refractivity contribution in [3.05, 3.63) is 54.3 Å². The van der Waals surface area contributed by atoms with Crippen LogP contribution in [0.2, 0.25) is 0 Å². The molecule has 0 aromatic heterocycles. The van der Waals surface area contributed by atoms with Crippen LogP contribution in [0.5, 0.6) is 11.5 Å². The lowest BCUT2D eigenvalue weighted by atomic mass is 10.3. The van der Waals surface area contributed by atoms with Gasteiger partial charge in [-0.25, -0.2) is 0 Å². The summed E-state index contributed by atoms with van der Waals surface area (Å²) >= 11 is 13.8. The first kappa shape index (κ1) is 13.6. The largest absolute Gasteiger partial charge is 0.457 e. The Balaban J connectivity index is 2.27. The third kappa shape index (κ3) is 3.56. The molecule has 0 N–H and O–H groups in total. The highest BCUT2D eigenvalue weighted by Gasteiger charge is 2.06. The maximum Gasteiger partial charge on any atom is 0.129 e. The van der Waals surface area contributed by atoms with Crippen molar-refractivity contribution >= 4 is 63.7 Å². The van der Waals surface area contributed by atoms with Gasteiger partial charge >= 0.3 is 0 Å². The number of benzene rings is 2. The first-order valence-electron chi connectivity index (χ1n) is 4.64. The Bertz CT molecular complexity index is 514. The SMILES string of the molecule is Brc1ccc(Oc2cc(Br)c(Br)c(Br)c2)cc1. The molecule has 0 bridgehead atoms. The fourth-order valence-electron chi connectivity index (χ4n) is 1.23. The third-order valence-electron chi connectivity index (χ3n) is 2.01. The van der Waals surface area contributed by atoms with E-state index in [0.29, 0.717) is 0 Å². The van der Waals surface area contributed by atoms with Crippen LogP contribution in [0, 0.1) is 0 Å². The third-order valence-corrected chi connectivity index (χ3v) is 5.70. The van der Waals surface area contributed by atoms with Crippen molar-refractivity contribution in [1.29, 1.82) is 0 Å². The predicted octanol–water partition coefficient (Wildman–Crippen LogP) is 6.53. The maximum atomic E-state index is 5.75. The van der Waals surface area contributed by atoms with Crippen LogP contribution in [0.4, 0.5) is 0 Å². The van der Waals surface area contributed by atoms with Gasteiger partial charge in [-0.15, -0.1) is 0 Å². The molecule has 0 saturated carbocycles. The summed E-state index contributed by atoms with van der Waals surface area (Å²) in [5.74, 6) is 1.57. The lowest BCUT2D eigenvalue weighted by Gasteiger charge is -2.08. The van der Waals surface area contributed by atoms with E-state index in [1.54, 1.807) is 0 Å². The van der Waals surface area contributed by atoms with E-state index < -0.39 is 0 Å². The van der Waals surface area contributed by atoms with Gasteiger partial charge in [0.25, 0.3) is 0 Å². The van der Waals surface area contributed by atoms with Crippen molar-refractivity contribution in [3.8, 4) is 11.5 Å². The van der Waals surface area contributed by atoms with Gasteiger partial charge in [-0.05, 0) is 84.2 Å². The van der Waals surface area contributed by atoms with Gasteiger partial charge in [0.05, 0.1) is 0 Å². The van der Waals surface area contributed by atoms with Crippen molar-refractivity contribution in [3.63, 3.8) is 0 Å². The minimum absolute atomic E-state index is 0.772. The van der Waals surface area contributed by atoms with Crippen LogP contribution < -0.4 is 4.74 Å². The summed E-state index contributed by atoms with van der Waals surface area (Å²) in [6.45, 7) is 0. The maximum absolute atomic E-state index is 5.75. The Morgan fingerprint density at radius 2 is 1.24 bits per heavy atom. The lowest BCUT2D eigenvalue weighted by molar-refractivity contribution is 0.482. The Kier molecular flexibility index (Phi) is 4.69. The highest BCUT2D eigenvalue weighted by atomic mass is 79.9. The van der Waals surface area contributed by atoms with Gasteiger partial charge in [0.15, 0.2) is 0 Å². The Morgan fingerprint density at radius 1 is 0.706 bits per heavy atom. The van der Waals surface area contributed by atoms with Crippen molar-refractivity contribution in [2.45, 2.75) is 0 Å². The number of hydrogen-bond donors (Lipinski definition) is 0. The average molecular weight is 486 g/mol. The Labute approximate surface area is 133 Å². The summed E-state index contributed by atoms with van der Waals surface area (Å²) < 4.78 is 9.64. The van der Waals surface area contributed by atoms with Gasteiger partial charge in [0, 0.05) is 17.9 Å². The summed E-state index contributed by atoms with van der Waals surface area (Å²) in [5.41, 5.74) is 0. The summed E-state index contributed by atoms with van der Waals surface area (Å²) in [7, 11) is 0. The minimum atomic E-state index is 0.772. The molecular formula is C12H6Br4O. The van der Waals surface area contributed by atoms with Crippen LogP contribution >= 0.6 is 63.7 Å². The van der Waals surface area contributed by atoms with Crippen LogP contribution in [-0.4, -0.2) is 0 Å². The lowest BCUT2D eigenvalue weighted by Crippen LogP contribution is -1.85. The highest BCUT2D eigenvalue weighted by molar-refractivity contribution is 9.14. The van der Waals surface area contributed by atoms with Crippen molar-refractivity contribution in [2.24, 2.45) is 0 Å². The molecule has 0 unspecified atom stereocenters. The van der Waals surface area contributed by atoms with Gasteiger partial charge in [-0.2, -0.15) is 0 Å². The minimum Gasteiger partial charge on any atom is -0.457 e. The van der Waals surface area contributed by atoms with E-state index in [0.717, 1.165) is 29.4 Å². The Hall–Kier alpha value is 0.160. The Morgan fingerprint density at radius 3 is 1.76 bits per heavy atom. The van der Waals surface area contributed by atoms with E-state index in [9.17, 15) is 0 Å². The molecule has 2 rings (SSSR count). The molecule has 2 aromatic rings. The van der Waals surface area contributed by atoms with Crippen molar-refractivity contribution in [2.75, 3.05) is 0 Å². The van der Waals surface area contributed by atoms with E-state index in [1.807, 2.05) is 36.4 Å². The molecule has 0 aliphatic rings. The molecule has 5 heteroatoms. The van der Waals surface area contributed by atoms with Crippen LogP contribution in [0.3, 0.4) is 0 Å². The van der Waals surface area contributed by atoms with Crippen LogP contribution in [-0.2, 0) is 0 Å². The summed E-state index contributed by atoms with van der Waals surface area (Å²) in [4.78, 5) is 0. The topological polar surface area (TPSA) is 9.23 Å². The molecule has 0 aliphatic carbocycles. The van der Waals surface area contributed by atoms with Gasteiger partial charge in [0.1, 0.15) is 11.5 Å². The molecule has 1 nitrogen and oxygen atoms in total. The molecule has 0 radical (unpaired) electrons. The van der Waals surface area contributed by atoms with Crippen LogP contribution in [0.1, 0.15) is 0 Å². The summed E-state index contributed by atoms with van der Waals surface area (Å²) in [6, 6.07) is 11.5. The van der Waals surface area contributed by atoms with Gasteiger partial charge in [0.2, 0.25) is 0 Å². The van der Waals surface area contributed by atoms with Gasteiger partial charge in [-0.1, -0.05) is 15.9 Å². The first-order valence-corrected chi connectivity index (χ1v) is 7.81. The zero-order valence-corrected chi connectivity index (χ0v) is 14.7. The number of rotatable bonds is 2.